The molecule has 0 aliphatic rings. The van der Waals surface area contributed by atoms with Crippen LogP contribution in [0.5, 0.6) is 0 Å². The predicted octanol–water partition coefficient (Wildman–Crippen LogP) is 1.62. The number of hydrogen-bond acceptors (Lipinski definition) is 3. The monoisotopic (exact) mass is 250 g/mol. The molecule has 1 rings (SSSR count). The molecule has 1 amide bonds. The summed E-state index contributed by atoms with van der Waals surface area (Å²) in [5, 5.41) is 2.81. The molecule has 0 aromatic heterocycles. The molecule has 1 aromatic rings. The van der Waals surface area contributed by atoms with Gasteiger partial charge in [0, 0.05) is 19.8 Å². The van der Waals surface area contributed by atoms with E-state index in [1.807, 2.05) is 30.3 Å². The normalized spacial score (nSPS) is 12.1. The van der Waals surface area contributed by atoms with Crippen molar-refractivity contribution in [1.29, 1.82) is 0 Å². The molecule has 0 saturated heterocycles. The van der Waals surface area contributed by atoms with E-state index in [2.05, 4.69) is 12.2 Å². The fraction of sp³-hybridized carbons (Fsp3) is 0.500. The molecular weight excluding hydrogens is 228 g/mol. The highest BCUT2D eigenvalue weighted by atomic mass is 16.5. The Morgan fingerprint density at radius 1 is 1.33 bits per heavy atom. The van der Waals surface area contributed by atoms with E-state index in [9.17, 15) is 4.79 Å². The van der Waals surface area contributed by atoms with Gasteiger partial charge in [0.2, 0.25) is 5.91 Å². The Labute approximate surface area is 109 Å². The lowest BCUT2D eigenvalue weighted by Crippen LogP contribution is -2.34. The van der Waals surface area contributed by atoms with Crippen molar-refractivity contribution in [2.75, 3.05) is 19.8 Å². The third-order valence-electron chi connectivity index (χ3n) is 2.55. The smallest absolute Gasteiger partial charge is 0.241 e. The largest absolute Gasteiger partial charge is 0.381 e. The lowest BCUT2D eigenvalue weighted by molar-refractivity contribution is -0.122. The highest BCUT2D eigenvalue weighted by molar-refractivity contribution is 5.82. The van der Waals surface area contributed by atoms with Crippen molar-refractivity contribution < 1.29 is 9.53 Å². The number of benzene rings is 1. The third kappa shape index (κ3) is 5.29. The summed E-state index contributed by atoms with van der Waals surface area (Å²) in [6, 6.07) is 8.77. The average molecular weight is 250 g/mol. The molecule has 18 heavy (non-hydrogen) atoms. The van der Waals surface area contributed by atoms with Crippen LogP contribution >= 0.6 is 0 Å². The summed E-state index contributed by atoms with van der Waals surface area (Å²) in [5.74, 6) is -0.142. The predicted molar refractivity (Wildman–Crippen MR) is 72.1 cm³/mol. The first kappa shape index (κ1) is 14.7. The van der Waals surface area contributed by atoms with E-state index in [-0.39, 0.29) is 5.91 Å². The van der Waals surface area contributed by atoms with Crippen LogP contribution in [0.4, 0.5) is 0 Å². The SMILES string of the molecule is CCCOCCCNC(=O)C(N)c1ccccc1. The summed E-state index contributed by atoms with van der Waals surface area (Å²) in [7, 11) is 0. The maximum atomic E-state index is 11.8. The molecule has 4 heteroatoms. The number of nitrogens with one attached hydrogen (secondary N) is 1. The zero-order valence-electron chi connectivity index (χ0n) is 10.9. The molecule has 4 nitrogen and oxygen atoms in total. The van der Waals surface area contributed by atoms with Crippen LogP contribution in [0.2, 0.25) is 0 Å². The van der Waals surface area contributed by atoms with Gasteiger partial charge in [0.1, 0.15) is 6.04 Å². The van der Waals surface area contributed by atoms with Gasteiger partial charge in [-0.1, -0.05) is 37.3 Å². The maximum Gasteiger partial charge on any atom is 0.241 e. The van der Waals surface area contributed by atoms with Gasteiger partial charge in [-0.2, -0.15) is 0 Å². The van der Waals surface area contributed by atoms with Crippen molar-refractivity contribution in [2.24, 2.45) is 5.73 Å². The third-order valence-corrected chi connectivity index (χ3v) is 2.55. The molecule has 0 saturated carbocycles. The summed E-state index contributed by atoms with van der Waals surface area (Å²) in [6.07, 6.45) is 1.83. The first-order valence-corrected chi connectivity index (χ1v) is 6.41. The van der Waals surface area contributed by atoms with Crippen molar-refractivity contribution in [1.82, 2.24) is 5.32 Å². The van der Waals surface area contributed by atoms with Crippen LogP contribution in [0.3, 0.4) is 0 Å². The standard InChI is InChI=1S/C14H22N2O2/c1-2-10-18-11-6-9-16-14(17)13(15)12-7-4-3-5-8-12/h3-5,7-8,13H,2,6,9-11,15H2,1H3,(H,16,17). The van der Waals surface area contributed by atoms with Gasteiger partial charge in [-0.25, -0.2) is 0 Å². The highest BCUT2D eigenvalue weighted by Crippen LogP contribution is 2.08. The molecule has 0 fully saturated rings. The molecule has 1 unspecified atom stereocenters. The van der Waals surface area contributed by atoms with E-state index in [1.54, 1.807) is 0 Å². The zero-order valence-corrected chi connectivity index (χ0v) is 10.9. The van der Waals surface area contributed by atoms with E-state index >= 15 is 0 Å². The summed E-state index contributed by atoms with van der Waals surface area (Å²) >= 11 is 0. The van der Waals surface area contributed by atoms with Gasteiger partial charge in [-0.05, 0) is 18.4 Å². The Kier molecular flexibility index (Phi) is 7.06. The number of rotatable bonds is 8. The molecule has 0 radical (unpaired) electrons. The summed E-state index contributed by atoms with van der Waals surface area (Å²) < 4.78 is 5.33. The molecule has 1 atom stereocenters. The van der Waals surface area contributed by atoms with E-state index in [0.29, 0.717) is 13.2 Å². The van der Waals surface area contributed by atoms with E-state index in [0.717, 1.165) is 25.0 Å². The number of carbonyl (C=O) groups excluding carboxylic acids is 1. The molecule has 0 spiro atoms. The Balaban J connectivity index is 2.20. The molecule has 0 heterocycles. The number of hydrogen-bond donors (Lipinski definition) is 2. The molecule has 3 N–H and O–H groups in total. The summed E-state index contributed by atoms with van der Waals surface area (Å²) in [4.78, 5) is 11.8. The first-order valence-electron chi connectivity index (χ1n) is 6.41. The average Bonchev–Trinajstić information content (AvgIpc) is 2.42. The quantitative estimate of drug-likeness (QED) is 0.689. The molecular formula is C14H22N2O2. The minimum absolute atomic E-state index is 0.142. The topological polar surface area (TPSA) is 64.3 Å². The number of carbonyl (C=O) groups is 1. The molecule has 100 valence electrons. The van der Waals surface area contributed by atoms with Gasteiger partial charge in [0.15, 0.2) is 0 Å². The van der Waals surface area contributed by atoms with Gasteiger partial charge >= 0.3 is 0 Å². The zero-order chi connectivity index (χ0) is 13.2. The van der Waals surface area contributed by atoms with Gasteiger partial charge < -0.3 is 15.8 Å². The van der Waals surface area contributed by atoms with Crippen LogP contribution in [-0.4, -0.2) is 25.7 Å². The second-order valence-electron chi connectivity index (χ2n) is 4.15. The van der Waals surface area contributed by atoms with Crippen LogP contribution in [0, 0.1) is 0 Å². The van der Waals surface area contributed by atoms with Gasteiger partial charge in [0.25, 0.3) is 0 Å². The Bertz CT molecular complexity index is 341. The van der Waals surface area contributed by atoms with Crippen molar-refractivity contribution >= 4 is 5.91 Å². The van der Waals surface area contributed by atoms with E-state index in [4.69, 9.17) is 10.5 Å². The fourth-order valence-corrected chi connectivity index (χ4v) is 1.55. The Hall–Kier alpha value is -1.39. The van der Waals surface area contributed by atoms with Crippen molar-refractivity contribution in [3.63, 3.8) is 0 Å². The van der Waals surface area contributed by atoms with Gasteiger partial charge in [-0.15, -0.1) is 0 Å². The number of amides is 1. The molecule has 1 aromatic carbocycles. The lowest BCUT2D eigenvalue weighted by atomic mass is 10.1. The fourth-order valence-electron chi connectivity index (χ4n) is 1.55. The molecule has 0 aliphatic carbocycles. The van der Waals surface area contributed by atoms with Crippen molar-refractivity contribution in [2.45, 2.75) is 25.8 Å². The first-order chi connectivity index (χ1) is 8.75. The molecule has 0 bridgehead atoms. The number of ether oxygens (including phenoxy) is 1. The Morgan fingerprint density at radius 2 is 2.06 bits per heavy atom. The van der Waals surface area contributed by atoms with Gasteiger partial charge in [-0.3, -0.25) is 4.79 Å². The molecule has 0 aliphatic heterocycles. The van der Waals surface area contributed by atoms with Crippen LogP contribution < -0.4 is 11.1 Å². The summed E-state index contributed by atoms with van der Waals surface area (Å²) in [6.45, 7) is 4.12. The minimum Gasteiger partial charge on any atom is -0.381 e. The van der Waals surface area contributed by atoms with Crippen LogP contribution in [0.15, 0.2) is 30.3 Å². The highest BCUT2D eigenvalue weighted by Gasteiger charge is 2.14. The minimum atomic E-state index is -0.595. The lowest BCUT2D eigenvalue weighted by Gasteiger charge is -2.12. The van der Waals surface area contributed by atoms with Gasteiger partial charge in [0.05, 0.1) is 0 Å². The summed E-state index contributed by atoms with van der Waals surface area (Å²) in [5.41, 5.74) is 6.69. The van der Waals surface area contributed by atoms with E-state index < -0.39 is 6.04 Å². The van der Waals surface area contributed by atoms with Crippen LogP contribution in [0.25, 0.3) is 0 Å². The second kappa shape index (κ2) is 8.66. The Morgan fingerprint density at radius 3 is 2.72 bits per heavy atom. The van der Waals surface area contributed by atoms with Crippen molar-refractivity contribution in [3.05, 3.63) is 35.9 Å². The van der Waals surface area contributed by atoms with E-state index in [1.165, 1.54) is 0 Å². The maximum absolute atomic E-state index is 11.8. The van der Waals surface area contributed by atoms with Crippen LogP contribution in [0.1, 0.15) is 31.4 Å². The van der Waals surface area contributed by atoms with Crippen molar-refractivity contribution in [3.8, 4) is 0 Å². The number of nitrogens with two attached hydrogens (primary N) is 1. The van der Waals surface area contributed by atoms with Crippen LogP contribution in [-0.2, 0) is 9.53 Å². The second-order valence-corrected chi connectivity index (χ2v) is 4.15.